The lowest BCUT2D eigenvalue weighted by Gasteiger charge is -2.27. The van der Waals surface area contributed by atoms with Crippen LogP contribution in [0.1, 0.15) is 29.9 Å². The molecular weight excluding hydrogens is 319 g/mol. The number of aromatic nitrogens is 2. The Hall–Kier alpha value is -2.21. The van der Waals surface area contributed by atoms with Gasteiger partial charge in [-0.3, -0.25) is 4.79 Å². The molecule has 2 N–H and O–H groups in total. The Morgan fingerprint density at radius 2 is 2.00 bits per heavy atom. The van der Waals surface area contributed by atoms with Crippen LogP contribution < -0.4 is 10.6 Å². The number of carbonyl (C=O) groups is 1. The van der Waals surface area contributed by atoms with Crippen LogP contribution >= 0.6 is 11.6 Å². The normalized spacial score (nSPS) is 11.2. The van der Waals surface area contributed by atoms with Gasteiger partial charge in [0.25, 0.3) is 5.91 Å². The first-order valence-corrected chi connectivity index (χ1v) is 7.46. The number of benzene rings is 1. The van der Waals surface area contributed by atoms with Crippen LogP contribution in [-0.4, -0.2) is 29.7 Å². The van der Waals surface area contributed by atoms with Gasteiger partial charge in [-0.1, -0.05) is 31.5 Å². The molecule has 1 aromatic heterocycles. The summed E-state index contributed by atoms with van der Waals surface area (Å²) in [6, 6.07) is 7.64. The Bertz CT molecular complexity index is 704. The number of rotatable bonds is 5. The van der Waals surface area contributed by atoms with Crippen LogP contribution in [0, 0.1) is 5.82 Å². The van der Waals surface area contributed by atoms with Gasteiger partial charge in [-0.2, -0.15) is 0 Å². The fraction of sp³-hybridized carbons (Fsp3) is 0.312. The first-order valence-electron chi connectivity index (χ1n) is 7.09. The number of halogens is 2. The van der Waals surface area contributed by atoms with E-state index < -0.39 is 0 Å². The van der Waals surface area contributed by atoms with Crippen LogP contribution in [0.15, 0.2) is 30.3 Å². The number of anilines is 1. The lowest BCUT2D eigenvalue weighted by molar-refractivity contribution is 0.0957. The Balaban J connectivity index is 2.08. The summed E-state index contributed by atoms with van der Waals surface area (Å²) in [6.07, 6.45) is 0. The molecule has 0 saturated heterocycles. The quantitative estimate of drug-likeness (QED) is 0.880. The third-order valence-electron chi connectivity index (χ3n) is 3.50. The van der Waals surface area contributed by atoms with Crippen molar-refractivity contribution in [2.24, 2.45) is 0 Å². The summed E-state index contributed by atoms with van der Waals surface area (Å²) in [5.41, 5.74) is 0.744. The molecule has 0 saturated carbocycles. The highest BCUT2D eigenvalue weighted by atomic mass is 35.5. The first kappa shape index (κ1) is 17.1. The van der Waals surface area contributed by atoms with Crippen molar-refractivity contribution in [2.45, 2.75) is 19.3 Å². The maximum atomic E-state index is 13.2. The summed E-state index contributed by atoms with van der Waals surface area (Å²) >= 11 is 6.13. The number of carbonyl (C=O) groups excluding carboxylic acids is 1. The molecule has 122 valence electrons. The predicted octanol–water partition coefficient (Wildman–Crippen LogP) is 3.02. The van der Waals surface area contributed by atoms with Gasteiger partial charge in [-0.05, 0) is 29.8 Å². The van der Waals surface area contributed by atoms with Crippen molar-refractivity contribution in [1.29, 1.82) is 0 Å². The van der Waals surface area contributed by atoms with Crippen molar-refractivity contribution in [1.82, 2.24) is 15.5 Å². The monoisotopic (exact) mass is 336 g/mol. The molecule has 1 aromatic carbocycles. The molecule has 2 aromatic rings. The molecule has 0 atom stereocenters. The second kappa shape index (κ2) is 6.91. The van der Waals surface area contributed by atoms with Gasteiger partial charge in [0.15, 0.2) is 5.69 Å². The summed E-state index contributed by atoms with van der Waals surface area (Å²) in [4.78, 5) is 11.4. The minimum absolute atomic E-state index is 0.249. The van der Waals surface area contributed by atoms with E-state index in [1.807, 2.05) is 13.8 Å². The molecule has 5 nitrogen and oxygen atoms in total. The minimum Gasteiger partial charge on any atom is -0.368 e. The number of hydrogen-bond acceptors (Lipinski definition) is 4. The van der Waals surface area contributed by atoms with Crippen molar-refractivity contribution < 1.29 is 9.18 Å². The summed E-state index contributed by atoms with van der Waals surface area (Å²) in [6.45, 7) is 4.50. The van der Waals surface area contributed by atoms with Crippen LogP contribution in [0.4, 0.5) is 10.2 Å². The zero-order valence-corrected chi connectivity index (χ0v) is 13.9. The van der Waals surface area contributed by atoms with Crippen LogP contribution in [0.3, 0.4) is 0 Å². The van der Waals surface area contributed by atoms with E-state index >= 15 is 0 Å². The third kappa shape index (κ3) is 4.16. The van der Waals surface area contributed by atoms with E-state index in [1.165, 1.54) is 19.2 Å². The van der Waals surface area contributed by atoms with E-state index in [1.54, 1.807) is 18.2 Å². The Kier molecular flexibility index (Phi) is 5.15. The van der Waals surface area contributed by atoms with Crippen LogP contribution in [0.2, 0.25) is 5.02 Å². The number of nitrogens with one attached hydrogen (secondary N) is 2. The Morgan fingerprint density at radius 1 is 1.26 bits per heavy atom. The fourth-order valence-electron chi connectivity index (χ4n) is 2.12. The molecule has 0 bridgehead atoms. The molecule has 1 amide bonds. The second-order valence-electron chi connectivity index (χ2n) is 5.74. The van der Waals surface area contributed by atoms with Gasteiger partial charge in [0.05, 0.1) is 0 Å². The molecule has 2 rings (SSSR count). The Labute approximate surface area is 139 Å². The van der Waals surface area contributed by atoms with E-state index in [0.29, 0.717) is 17.4 Å². The molecule has 0 spiro atoms. The average Bonchev–Trinajstić information content (AvgIpc) is 2.52. The highest BCUT2D eigenvalue weighted by Crippen LogP contribution is 2.30. The van der Waals surface area contributed by atoms with Crippen LogP contribution in [0.5, 0.6) is 0 Å². The second-order valence-corrected chi connectivity index (χ2v) is 6.15. The molecule has 0 unspecified atom stereocenters. The maximum Gasteiger partial charge on any atom is 0.271 e. The van der Waals surface area contributed by atoms with Gasteiger partial charge < -0.3 is 10.6 Å². The zero-order valence-electron chi connectivity index (χ0n) is 13.2. The summed E-state index contributed by atoms with van der Waals surface area (Å²) < 4.78 is 13.2. The topological polar surface area (TPSA) is 66.9 Å². The van der Waals surface area contributed by atoms with Gasteiger partial charge in [-0.25, -0.2) is 4.39 Å². The van der Waals surface area contributed by atoms with Crippen molar-refractivity contribution in [2.75, 3.05) is 18.9 Å². The highest BCUT2D eigenvalue weighted by molar-refractivity contribution is 6.31. The van der Waals surface area contributed by atoms with E-state index in [4.69, 9.17) is 11.6 Å². The summed E-state index contributed by atoms with van der Waals surface area (Å²) in [5, 5.41) is 13.8. The molecular formula is C16H18ClFN4O. The fourth-order valence-corrected chi connectivity index (χ4v) is 2.54. The van der Waals surface area contributed by atoms with Crippen LogP contribution in [0.25, 0.3) is 0 Å². The molecule has 0 radical (unpaired) electrons. The molecule has 1 heterocycles. The zero-order chi connectivity index (χ0) is 17.0. The Morgan fingerprint density at radius 3 is 2.57 bits per heavy atom. The number of hydrogen-bond donors (Lipinski definition) is 2. The SMILES string of the molecule is CNC(=O)c1ccc(NCC(C)(C)c2ccc(F)cc2Cl)nn1. The van der Waals surface area contributed by atoms with Gasteiger partial charge in [-0.15, -0.1) is 10.2 Å². The number of amides is 1. The molecule has 0 aliphatic rings. The molecule has 7 heteroatoms. The van der Waals surface area contributed by atoms with Gasteiger partial charge in [0.1, 0.15) is 11.6 Å². The van der Waals surface area contributed by atoms with E-state index in [2.05, 4.69) is 20.8 Å². The van der Waals surface area contributed by atoms with Crippen LogP contribution in [-0.2, 0) is 5.41 Å². The summed E-state index contributed by atoms with van der Waals surface area (Å²) in [7, 11) is 1.53. The van der Waals surface area contributed by atoms with E-state index in [9.17, 15) is 9.18 Å². The highest BCUT2D eigenvalue weighted by Gasteiger charge is 2.23. The van der Waals surface area contributed by atoms with E-state index in [0.717, 1.165) is 5.56 Å². The smallest absolute Gasteiger partial charge is 0.271 e. The lowest BCUT2D eigenvalue weighted by atomic mass is 9.84. The lowest BCUT2D eigenvalue weighted by Crippen LogP contribution is -2.28. The number of nitrogens with zero attached hydrogens (tertiary/aromatic N) is 2. The van der Waals surface area contributed by atoms with Gasteiger partial charge in [0, 0.05) is 24.0 Å². The minimum atomic E-state index is -0.363. The summed E-state index contributed by atoms with van der Waals surface area (Å²) in [5.74, 6) is -0.107. The molecule has 0 fully saturated rings. The predicted molar refractivity (Wildman–Crippen MR) is 88.3 cm³/mol. The van der Waals surface area contributed by atoms with E-state index in [-0.39, 0.29) is 22.8 Å². The van der Waals surface area contributed by atoms with Gasteiger partial charge in [0.2, 0.25) is 0 Å². The van der Waals surface area contributed by atoms with Gasteiger partial charge >= 0.3 is 0 Å². The van der Waals surface area contributed by atoms with Crippen molar-refractivity contribution >= 4 is 23.3 Å². The standard InChI is InChI=1S/C16H18ClFN4O/c1-16(2,11-5-4-10(18)8-12(11)17)9-20-14-7-6-13(21-22-14)15(23)19-3/h4-8H,9H2,1-3H3,(H,19,23)(H,20,22). The molecule has 0 aliphatic carbocycles. The van der Waals surface area contributed by atoms with Crippen molar-refractivity contribution in [3.8, 4) is 0 Å². The molecule has 0 aliphatic heterocycles. The first-order chi connectivity index (χ1) is 10.8. The van der Waals surface area contributed by atoms with Crippen molar-refractivity contribution in [3.05, 3.63) is 52.4 Å². The average molecular weight is 337 g/mol. The third-order valence-corrected chi connectivity index (χ3v) is 3.81. The molecule has 23 heavy (non-hydrogen) atoms. The largest absolute Gasteiger partial charge is 0.368 e. The van der Waals surface area contributed by atoms with Crippen molar-refractivity contribution in [3.63, 3.8) is 0 Å². The maximum absolute atomic E-state index is 13.2.